The highest BCUT2D eigenvalue weighted by molar-refractivity contribution is 6.31. The Morgan fingerprint density at radius 2 is 2.05 bits per heavy atom. The summed E-state index contributed by atoms with van der Waals surface area (Å²) < 4.78 is 14.1. The number of aliphatic carboxylic acids is 1. The summed E-state index contributed by atoms with van der Waals surface area (Å²) in [5.74, 6) is -1.53. The van der Waals surface area contributed by atoms with E-state index in [4.69, 9.17) is 11.6 Å². The number of carboxylic acids is 1. The molecule has 0 bridgehead atoms. The number of nitrogens with one attached hydrogen (secondary N) is 1. The predicted octanol–water partition coefficient (Wildman–Crippen LogP) is 3.20. The van der Waals surface area contributed by atoms with Crippen LogP contribution in [0.4, 0.5) is 10.1 Å². The molecule has 1 unspecified atom stereocenters. The van der Waals surface area contributed by atoms with Gasteiger partial charge in [0.15, 0.2) is 6.04 Å². The first-order valence-electron chi connectivity index (χ1n) is 6.65. The molecule has 1 atom stereocenters. The maximum Gasteiger partial charge on any atom is 0.330 e. The monoisotopic (exact) mass is 318 g/mol. The van der Waals surface area contributed by atoms with Crippen LogP contribution in [0.3, 0.4) is 0 Å². The van der Waals surface area contributed by atoms with Gasteiger partial charge in [0.05, 0.1) is 5.71 Å². The number of hydrogen-bond acceptors (Lipinski definition) is 3. The summed E-state index contributed by atoms with van der Waals surface area (Å²) in [6.45, 7) is 0.127. The maximum atomic E-state index is 14.1. The third-order valence-corrected chi connectivity index (χ3v) is 3.66. The first-order valence-corrected chi connectivity index (χ1v) is 7.03. The number of benzodiazepines with no additional fused rings is 1. The molecule has 2 N–H and O–H groups in total. The van der Waals surface area contributed by atoms with Crippen molar-refractivity contribution in [2.75, 3.05) is 11.9 Å². The van der Waals surface area contributed by atoms with Crippen LogP contribution in [-0.2, 0) is 4.79 Å². The van der Waals surface area contributed by atoms with Crippen molar-refractivity contribution < 1.29 is 14.3 Å². The van der Waals surface area contributed by atoms with Crippen LogP contribution in [0.25, 0.3) is 0 Å². The fourth-order valence-electron chi connectivity index (χ4n) is 2.35. The zero-order valence-corrected chi connectivity index (χ0v) is 12.1. The molecule has 0 radical (unpaired) electrons. The SMILES string of the molecule is O=C(O)C1CNc2ccc(Cl)cc2C(c2ccccc2F)=N1. The molecule has 1 aliphatic rings. The molecule has 0 aliphatic carbocycles. The molecule has 2 aromatic carbocycles. The Kier molecular flexibility index (Phi) is 3.81. The lowest BCUT2D eigenvalue weighted by molar-refractivity contribution is -0.138. The quantitative estimate of drug-likeness (QED) is 0.894. The molecule has 0 saturated heterocycles. The third-order valence-electron chi connectivity index (χ3n) is 3.42. The number of rotatable bonds is 2. The van der Waals surface area contributed by atoms with Crippen LogP contribution in [-0.4, -0.2) is 29.4 Å². The summed E-state index contributed by atoms with van der Waals surface area (Å²) >= 11 is 6.03. The lowest BCUT2D eigenvalue weighted by Crippen LogP contribution is -2.26. The maximum absolute atomic E-state index is 14.1. The highest BCUT2D eigenvalue weighted by atomic mass is 35.5. The third kappa shape index (κ3) is 2.67. The number of benzene rings is 2. The fourth-order valence-corrected chi connectivity index (χ4v) is 2.53. The fraction of sp³-hybridized carbons (Fsp3) is 0.125. The molecule has 1 heterocycles. The van der Waals surface area contributed by atoms with Gasteiger partial charge < -0.3 is 10.4 Å². The van der Waals surface area contributed by atoms with Crippen molar-refractivity contribution in [3.05, 3.63) is 64.4 Å². The van der Waals surface area contributed by atoms with Crippen LogP contribution in [0.2, 0.25) is 5.02 Å². The molecule has 1 aliphatic heterocycles. The number of anilines is 1. The van der Waals surface area contributed by atoms with Gasteiger partial charge in [-0.15, -0.1) is 0 Å². The zero-order chi connectivity index (χ0) is 15.7. The molecule has 6 heteroatoms. The van der Waals surface area contributed by atoms with Crippen LogP contribution in [0, 0.1) is 5.82 Å². The molecule has 0 amide bonds. The van der Waals surface area contributed by atoms with Gasteiger partial charge in [-0.2, -0.15) is 0 Å². The molecule has 0 fully saturated rings. The van der Waals surface area contributed by atoms with Crippen molar-refractivity contribution in [2.24, 2.45) is 4.99 Å². The van der Waals surface area contributed by atoms with Crippen molar-refractivity contribution >= 4 is 29.0 Å². The first kappa shape index (κ1) is 14.5. The Morgan fingerprint density at radius 1 is 1.27 bits per heavy atom. The summed E-state index contributed by atoms with van der Waals surface area (Å²) in [5, 5.41) is 12.8. The van der Waals surface area contributed by atoms with Gasteiger partial charge in [-0.1, -0.05) is 23.7 Å². The molecule has 22 heavy (non-hydrogen) atoms. The summed E-state index contributed by atoms with van der Waals surface area (Å²) in [5.41, 5.74) is 1.80. The zero-order valence-electron chi connectivity index (χ0n) is 11.4. The van der Waals surface area contributed by atoms with Crippen LogP contribution in [0.15, 0.2) is 47.5 Å². The van der Waals surface area contributed by atoms with E-state index in [0.717, 1.165) is 0 Å². The van der Waals surface area contributed by atoms with E-state index in [1.807, 2.05) is 0 Å². The van der Waals surface area contributed by atoms with E-state index in [0.29, 0.717) is 16.3 Å². The van der Waals surface area contributed by atoms with Crippen molar-refractivity contribution in [1.82, 2.24) is 0 Å². The van der Waals surface area contributed by atoms with Gasteiger partial charge in [-0.25, -0.2) is 9.18 Å². The molecular weight excluding hydrogens is 307 g/mol. The Hall–Kier alpha value is -2.40. The number of halogens is 2. The van der Waals surface area contributed by atoms with Gasteiger partial charge in [-0.3, -0.25) is 4.99 Å². The van der Waals surface area contributed by atoms with Crippen molar-refractivity contribution in [3.63, 3.8) is 0 Å². The van der Waals surface area contributed by atoms with Gasteiger partial charge in [0.1, 0.15) is 5.82 Å². The topological polar surface area (TPSA) is 61.7 Å². The van der Waals surface area contributed by atoms with Gasteiger partial charge in [0.2, 0.25) is 0 Å². The number of aliphatic imine (C=N–C) groups is 1. The van der Waals surface area contributed by atoms with E-state index in [1.165, 1.54) is 6.07 Å². The van der Waals surface area contributed by atoms with Crippen molar-refractivity contribution in [1.29, 1.82) is 0 Å². The van der Waals surface area contributed by atoms with Gasteiger partial charge in [-0.05, 0) is 30.3 Å². The lowest BCUT2D eigenvalue weighted by Gasteiger charge is -2.11. The van der Waals surface area contributed by atoms with E-state index in [2.05, 4.69) is 10.3 Å². The summed E-state index contributed by atoms with van der Waals surface area (Å²) in [6, 6.07) is 10.2. The van der Waals surface area contributed by atoms with E-state index in [1.54, 1.807) is 36.4 Å². The Labute approximate surface area is 131 Å². The second kappa shape index (κ2) is 5.77. The van der Waals surface area contributed by atoms with Crippen molar-refractivity contribution in [2.45, 2.75) is 6.04 Å². The molecule has 2 aromatic rings. The Morgan fingerprint density at radius 3 is 2.77 bits per heavy atom. The molecule has 0 spiro atoms. The minimum absolute atomic E-state index is 0.127. The van der Waals surface area contributed by atoms with E-state index < -0.39 is 17.8 Å². The number of fused-ring (bicyclic) bond motifs is 1. The standard InChI is InChI=1S/C16H12ClFN2O2/c17-9-5-6-13-11(7-9)15(10-3-1-2-4-12(10)18)20-14(8-19-13)16(21)22/h1-7,14,19H,8H2,(H,21,22). The number of carbonyl (C=O) groups is 1. The highest BCUT2D eigenvalue weighted by Gasteiger charge is 2.25. The van der Waals surface area contributed by atoms with E-state index >= 15 is 0 Å². The molecule has 4 nitrogen and oxygen atoms in total. The van der Waals surface area contributed by atoms with Crippen LogP contribution in [0.5, 0.6) is 0 Å². The molecule has 0 saturated carbocycles. The first-order chi connectivity index (χ1) is 10.6. The Bertz CT molecular complexity index is 776. The van der Waals surface area contributed by atoms with E-state index in [9.17, 15) is 14.3 Å². The second-order valence-electron chi connectivity index (χ2n) is 4.88. The second-order valence-corrected chi connectivity index (χ2v) is 5.32. The largest absolute Gasteiger partial charge is 0.480 e. The Balaban J connectivity index is 2.23. The van der Waals surface area contributed by atoms with Crippen LogP contribution >= 0.6 is 11.6 Å². The number of hydrogen-bond donors (Lipinski definition) is 2. The summed E-state index contributed by atoms with van der Waals surface area (Å²) in [4.78, 5) is 15.6. The average Bonchev–Trinajstić information content (AvgIpc) is 2.67. The molecular formula is C16H12ClFN2O2. The van der Waals surface area contributed by atoms with Crippen LogP contribution < -0.4 is 5.32 Å². The average molecular weight is 319 g/mol. The van der Waals surface area contributed by atoms with Gasteiger partial charge in [0, 0.05) is 28.4 Å². The van der Waals surface area contributed by atoms with Gasteiger partial charge >= 0.3 is 5.97 Å². The molecule has 0 aromatic heterocycles. The minimum Gasteiger partial charge on any atom is -0.480 e. The number of carboxylic acid groups (broad SMARTS) is 1. The van der Waals surface area contributed by atoms with Crippen molar-refractivity contribution in [3.8, 4) is 0 Å². The summed E-state index contributed by atoms with van der Waals surface area (Å²) in [6.07, 6.45) is 0. The van der Waals surface area contributed by atoms with E-state index in [-0.39, 0.29) is 17.8 Å². The van der Waals surface area contributed by atoms with Gasteiger partial charge in [0.25, 0.3) is 0 Å². The highest BCUT2D eigenvalue weighted by Crippen LogP contribution is 2.27. The molecule has 112 valence electrons. The normalized spacial score (nSPS) is 17.0. The predicted molar refractivity (Wildman–Crippen MR) is 83.4 cm³/mol. The smallest absolute Gasteiger partial charge is 0.330 e. The minimum atomic E-state index is -1.07. The summed E-state index contributed by atoms with van der Waals surface area (Å²) in [7, 11) is 0. The number of nitrogens with zero attached hydrogens (tertiary/aromatic N) is 1. The lowest BCUT2D eigenvalue weighted by atomic mass is 10.00. The molecule has 3 rings (SSSR count). The van der Waals surface area contributed by atoms with Crippen LogP contribution in [0.1, 0.15) is 11.1 Å².